The highest BCUT2D eigenvalue weighted by atomic mass is 16.5. The van der Waals surface area contributed by atoms with Gasteiger partial charge in [0, 0.05) is 13.0 Å². The number of likely N-dealkylation sites (tertiary alicyclic amines) is 1. The molecule has 0 spiro atoms. The van der Waals surface area contributed by atoms with Gasteiger partial charge in [0.1, 0.15) is 6.04 Å². The first-order chi connectivity index (χ1) is 9.51. The van der Waals surface area contributed by atoms with Gasteiger partial charge in [-0.05, 0) is 31.6 Å². The Hall–Kier alpha value is -1.43. The Labute approximate surface area is 118 Å². The maximum absolute atomic E-state index is 12.0. The molecule has 6 heteroatoms. The average molecular weight is 278 g/mol. The van der Waals surface area contributed by atoms with E-state index in [0.717, 1.165) is 32.2 Å². The fourth-order valence-corrected chi connectivity index (χ4v) is 3.08. The smallest absolute Gasteiger partial charge is 0.249 e. The van der Waals surface area contributed by atoms with Crippen LogP contribution in [0.15, 0.2) is 4.52 Å². The molecule has 1 saturated heterocycles. The van der Waals surface area contributed by atoms with Gasteiger partial charge in [0.25, 0.3) is 0 Å². The summed E-state index contributed by atoms with van der Waals surface area (Å²) < 4.78 is 5.44. The van der Waals surface area contributed by atoms with Gasteiger partial charge in [-0.1, -0.05) is 19.0 Å². The van der Waals surface area contributed by atoms with Gasteiger partial charge >= 0.3 is 0 Å². The predicted molar refractivity (Wildman–Crippen MR) is 72.5 cm³/mol. The molecule has 0 radical (unpaired) electrons. The molecule has 3 rings (SSSR count). The Morgan fingerprint density at radius 2 is 2.10 bits per heavy atom. The molecule has 1 aliphatic heterocycles. The van der Waals surface area contributed by atoms with E-state index >= 15 is 0 Å². The molecule has 1 aromatic rings. The van der Waals surface area contributed by atoms with E-state index in [4.69, 9.17) is 10.3 Å². The number of carbonyl (C=O) groups excluding carboxylic acids is 1. The molecule has 2 aliphatic rings. The minimum atomic E-state index is -0.418. The van der Waals surface area contributed by atoms with Crippen LogP contribution < -0.4 is 5.73 Å². The summed E-state index contributed by atoms with van der Waals surface area (Å²) in [5.74, 6) is 1.54. The number of hydrogen-bond acceptors (Lipinski definition) is 5. The third kappa shape index (κ3) is 2.12. The van der Waals surface area contributed by atoms with Crippen LogP contribution in [0.2, 0.25) is 0 Å². The monoisotopic (exact) mass is 278 g/mol. The number of nitrogens with zero attached hydrogens (tertiary/aromatic N) is 3. The van der Waals surface area contributed by atoms with Crippen LogP contribution in [0, 0.1) is 5.92 Å². The Morgan fingerprint density at radius 1 is 1.35 bits per heavy atom. The van der Waals surface area contributed by atoms with Crippen LogP contribution in [-0.4, -0.2) is 27.5 Å². The van der Waals surface area contributed by atoms with Crippen LogP contribution in [0.4, 0.5) is 0 Å². The van der Waals surface area contributed by atoms with Crippen molar-refractivity contribution < 1.29 is 9.32 Å². The lowest BCUT2D eigenvalue weighted by atomic mass is 9.77. The molecular weight excluding hydrogens is 256 g/mol. The van der Waals surface area contributed by atoms with E-state index in [1.54, 1.807) is 0 Å². The van der Waals surface area contributed by atoms with Crippen molar-refractivity contribution in [2.75, 3.05) is 6.54 Å². The van der Waals surface area contributed by atoms with Gasteiger partial charge in [-0.3, -0.25) is 4.79 Å². The fraction of sp³-hybridized carbons (Fsp3) is 0.786. The van der Waals surface area contributed by atoms with Crippen LogP contribution >= 0.6 is 0 Å². The molecule has 1 saturated carbocycles. The van der Waals surface area contributed by atoms with Crippen molar-refractivity contribution in [3.8, 4) is 0 Å². The minimum absolute atomic E-state index is 0.130. The predicted octanol–water partition coefficient (Wildman–Crippen LogP) is 1.73. The molecule has 0 bridgehead atoms. The second kappa shape index (κ2) is 4.84. The second-order valence-corrected chi connectivity index (χ2v) is 6.35. The Balaban J connectivity index is 1.86. The summed E-state index contributed by atoms with van der Waals surface area (Å²) in [5.41, 5.74) is 5.81. The lowest BCUT2D eigenvalue weighted by Crippen LogP contribution is -2.44. The van der Waals surface area contributed by atoms with Crippen molar-refractivity contribution in [1.82, 2.24) is 15.0 Å². The van der Waals surface area contributed by atoms with Crippen molar-refractivity contribution >= 4 is 5.91 Å². The second-order valence-electron chi connectivity index (χ2n) is 6.35. The summed E-state index contributed by atoms with van der Waals surface area (Å²) in [5, 5.41) is 4.06. The van der Waals surface area contributed by atoms with Gasteiger partial charge in [0.05, 0.1) is 5.54 Å². The number of aromatic nitrogens is 2. The molecule has 2 heterocycles. The SMILES string of the molecule is CC(C)C(c1nc(C2(N)CCC2)no1)N1CCCC1=O. The number of carbonyl (C=O) groups is 1. The summed E-state index contributed by atoms with van der Waals surface area (Å²) in [7, 11) is 0. The van der Waals surface area contributed by atoms with Gasteiger partial charge in [0.2, 0.25) is 11.8 Å². The molecule has 2 N–H and O–H groups in total. The van der Waals surface area contributed by atoms with Gasteiger partial charge in [0.15, 0.2) is 5.82 Å². The molecule has 1 aromatic heterocycles. The largest absolute Gasteiger partial charge is 0.337 e. The van der Waals surface area contributed by atoms with E-state index in [1.807, 2.05) is 4.90 Å². The van der Waals surface area contributed by atoms with Gasteiger partial charge in [-0.15, -0.1) is 0 Å². The highest BCUT2D eigenvalue weighted by Gasteiger charge is 2.41. The summed E-state index contributed by atoms with van der Waals surface area (Å²) in [6.45, 7) is 4.91. The van der Waals surface area contributed by atoms with Gasteiger partial charge in [-0.25, -0.2) is 0 Å². The standard InChI is InChI=1S/C14H22N4O2/c1-9(2)11(18-8-3-5-10(18)19)12-16-13(17-20-12)14(15)6-4-7-14/h9,11H,3-8,15H2,1-2H3. The number of hydrogen-bond donors (Lipinski definition) is 1. The summed E-state index contributed by atoms with van der Waals surface area (Å²) in [6, 6.07) is -0.130. The third-order valence-corrected chi connectivity index (χ3v) is 4.46. The molecule has 6 nitrogen and oxygen atoms in total. The molecule has 1 atom stereocenters. The zero-order valence-corrected chi connectivity index (χ0v) is 12.1. The highest BCUT2D eigenvalue weighted by Crippen LogP contribution is 2.38. The average Bonchev–Trinajstić information content (AvgIpc) is 2.97. The number of rotatable bonds is 4. The Bertz CT molecular complexity index is 507. The van der Waals surface area contributed by atoms with Crippen LogP contribution in [0.25, 0.3) is 0 Å². The normalized spacial score (nSPS) is 23.2. The minimum Gasteiger partial charge on any atom is -0.337 e. The van der Waals surface area contributed by atoms with Crippen molar-refractivity contribution in [3.05, 3.63) is 11.7 Å². The Kier molecular flexibility index (Phi) is 3.28. The molecule has 110 valence electrons. The third-order valence-electron chi connectivity index (χ3n) is 4.46. The van der Waals surface area contributed by atoms with E-state index in [2.05, 4.69) is 24.0 Å². The van der Waals surface area contributed by atoms with Crippen molar-refractivity contribution in [2.45, 2.75) is 57.5 Å². The van der Waals surface area contributed by atoms with E-state index in [1.165, 1.54) is 0 Å². The van der Waals surface area contributed by atoms with Crippen molar-refractivity contribution in [1.29, 1.82) is 0 Å². The number of amides is 1. The van der Waals surface area contributed by atoms with E-state index in [9.17, 15) is 4.79 Å². The van der Waals surface area contributed by atoms with Crippen molar-refractivity contribution in [2.24, 2.45) is 11.7 Å². The van der Waals surface area contributed by atoms with Crippen LogP contribution in [-0.2, 0) is 10.3 Å². The van der Waals surface area contributed by atoms with Crippen LogP contribution in [0.5, 0.6) is 0 Å². The quantitative estimate of drug-likeness (QED) is 0.906. The lowest BCUT2D eigenvalue weighted by molar-refractivity contribution is -0.131. The van der Waals surface area contributed by atoms with Gasteiger partial charge in [-0.2, -0.15) is 4.98 Å². The molecule has 0 aromatic carbocycles. The molecule has 2 fully saturated rings. The Morgan fingerprint density at radius 3 is 2.60 bits per heavy atom. The first-order valence-corrected chi connectivity index (χ1v) is 7.44. The van der Waals surface area contributed by atoms with Crippen LogP contribution in [0.3, 0.4) is 0 Å². The van der Waals surface area contributed by atoms with Gasteiger partial charge < -0.3 is 15.2 Å². The summed E-state index contributed by atoms with van der Waals surface area (Å²) >= 11 is 0. The molecule has 1 amide bonds. The van der Waals surface area contributed by atoms with E-state index < -0.39 is 5.54 Å². The fourth-order valence-electron chi connectivity index (χ4n) is 3.08. The summed E-state index contributed by atoms with van der Waals surface area (Å²) in [6.07, 6.45) is 4.44. The van der Waals surface area contributed by atoms with Crippen molar-refractivity contribution in [3.63, 3.8) is 0 Å². The topological polar surface area (TPSA) is 85.2 Å². The van der Waals surface area contributed by atoms with Crippen LogP contribution in [0.1, 0.15) is 63.7 Å². The van der Waals surface area contributed by atoms with E-state index in [0.29, 0.717) is 18.1 Å². The van der Waals surface area contributed by atoms with E-state index in [-0.39, 0.29) is 17.9 Å². The maximum Gasteiger partial charge on any atom is 0.249 e. The first-order valence-electron chi connectivity index (χ1n) is 7.44. The highest BCUT2D eigenvalue weighted by molar-refractivity contribution is 5.78. The zero-order chi connectivity index (χ0) is 14.3. The number of nitrogens with two attached hydrogens (primary N) is 1. The molecule has 1 aliphatic carbocycles. The lowest BCUT2D eigenvalue weighted by Gasteiger charge is -2.34. The molecule has 20 heavy (non-hydrogen) atoms. The first kappa shape index (κ1) is 13.5. The summed E-state index contributed by atoms with van der Waals surface area (Å²) in [4.78, 5) is 18.4. The molecule has 1 unspecified atom stereocenters. The maximum atomic E-state index is 12.0. The zero-order valence-electron chi connectivity index (χ0n) is 12.1. The molecular formula is C14H22N4O2.